The van der Waals surface area contributed by atoms with Crippen molar-refractivity contribution in [2.24, 2.45) is 5.41 Å². The van der Waals surface area contributed by atoms with Gasteiger partial charge >= 0.3 is 17.9 Å². The number of ether oxygens (including phenoxy) is 3. The molecule has 0 fully saturated rings. The lowest BCUT2D eigenvalue weighted by Crippen LogP contribution is -2.51. The Morgan fingerprint density at radius 1 is 0.893 bits per heavy atom. The van der Waals surface area contributed by atoms with Gasteiger partial charge in [0.25, 0.3) is 5.41 Å². The van der Waals surface area contributed by atoms with E-state index in [0.29, 0.717) is 11.3 Å². The average Bonchev–Trinajstić information content (AvgIpc) is 3.21. The maximum absolute atomic E-state index is 12.7. The smallest absolute Gasteiger partial charge is 0.335 e. The Bertz CT molecular complexity index is 759. The summed E-state index contributed by atoms with van der Waals surface area (Å²) >= 11 is 1.23. The number of hydrogen-bond acceptors (Lipinski definition) is 9. The molecule has 1 aromatic carbocycles. The van der Waals surface area contributed by atoms with Crippen LogP contribution in [-0.2, 0) is 35.0 Å². The van der Waals surface area contributed by atoms with Crippen molar-refractivity contribution in [3.05, 3.63) is 35.2 Å². The molecule has 1 aromatic heterocycles. The molecule has 9 heteroatoms. The van der Waals surface area contributed by atoms with E-state index in [1.165, 1.54) is 11.5 Å². The van der Waals surface area contributed by atoms with E-state index in [9.17, 15) is 14.4 Å². The van der Waals surface area contributed by atoms with Crippen LogP contribution in [0.15, 0.2) is 29.6 Å². The zero-order chi connectivity index (χ0) is 20.6. The van der Waals surface area contributed by atoms with Crippen LogP contribution in [0.5, 0.6) is 0 Å². The summed E-state index contributed by atoms with van der Waals surface area (Å²) in [6.07, 6.45) is -0.237. The van der Waals surface area contributed by atoms with Crippen LogP contribution in [0.2, 0.25) is 0 Å². The highest BCUT2D eigenvalue weighted by atomic mass is 32.1. The Balaban J connectivity index is 2.43. The van der Waals surface area contributed by atoms with Crippen molar-refractivity contribution in [3.8, 4) is 11.3 Å². The third-order valence-electron chi connectivity index (χ3n) is 3.95. The van der Waals surface area contributed by atoms with E-state index in [0.717, 1.165) is 5.56 Å². The van der Waals surface area contributed by atoms with Crippen molar-refractivity contribution in [1.29, 1.82) is 0 Å². The first-order valence-electron chi connectivity index (χ1n) is 8.87. The SMILES string of the molecule is CCOC(=O)C(Cc1ccc(-c2csnn2)cc1)(C(=O)OCC)C(=O)OCC. The molecule has 0 radical (unpaired) electrons. The maximum Gasteiger partial charge on any atom is 0.335 e. The van der Waals surface area contributed by atoms with Crippen LogP contribution in [0.3, 0.4) is 0 Å². The predicted octanol–water partition coefficient (Wildman–Crippen LogP) is 2.42. The number of hydrogen-bond donors (Lipinski definition) is 0. The molecule has 0 N–H and O–H groups in total. The van der Waals surface area contributed by atoms with Crippen LogP contribution in [0.4, 0.5) is 0 Å². The highest BCUT2D eigenvalue weighted by Crippen LogP contribution is 2.30. The number of carbonyl (C=O) groups is 3. The minimum absolute atomic E-state index is 0.00908. The largest absolute Gasteiger partial charge is 0.465 e. The van der Waals surface area contributed by atoms with Crippen LogP contribution in [0.25, 0.3) is 11.3 Å². The van der Waals surface area contributed by atoms with Crippen molar-refractivity contribution in [2.45, 2.75) is 27.2 Å². The minimum atomic E-state index is -2.22. The van der Waals surface area contributed by atoms with E-state index < -0.39 is 23.3 Å². The molecule has 0 saturated carbocycles. The molecule has 0 bridgehead atoms. The van der Waals surface area contributed by atoms with Gasteiger partial charge in [0, 0.05) is 17.4 Å². The first-order chi connectivity index (χ1) is 13.5. The van der Waals surface area contributed by atoms with Crippen molar-refractivity contribution in [2.75, 3.05) is 19.8 Å². The van der Waals surface area contributed by atoms with Crippen LogP contribution < -0.4 is 0 Å². The molecule has 8 nitrogen and oxygen atoms in total. The van der Waals surface area contributed by atoms with Crippen LogP contribution >= 0.6 is 11.5 Å². The molecule has 0 amide bonds. The quantitative estimate of drug-likeness (QED) is 0.355. The zero-order valence-corrected chi connectivity index (χ0v) is 16.8. The van der Waals surface area contributed by atoms with Gasteiger partial charge in [-0.15, -0.1) is 5.10 Å². The monoisotopic (exact) mass is 406 g/mol. The normalized spacial score (nSPS) is 11.0. The number of aromatic nitrogens is 2. The molecule has 0 saturated heterocycles. The Morgan fingerprint density at radius 3 is 1.79 bits per heavy atom. The summed E-state index contributed by atoms with van der Waals surface area (Å²) in [7, 11) is 0. The topological polar surface area (TPSA) is 105 Å². The van der Waals surface area contributed by atoms with Gasteiger partial charge in [0.1, 0.15) is 5.69 Å². The lowest BCUT2D eigenvalue weighted by molar-refractivity contribution is -0.183. The van der Waals surface area contributed by atoms with E-state index in [1.54, 1.807) is 50.4 Å². The summed E-state index contributed by atoms with van der Waals surface area (Å²) in [6.45, 7) is 4.81. The summed E-state index contributed by atoms with van der Waals surface area (Å²) in [5.41, 5.74) is -0.109. The van der Waals surface area contributed by atoms with Crippen LogP contribution in [-0.4, -0.2) is 47.3 Å². The second-order valence-electron chi connectivity index (χ2n) is 5.73. The second kappa shape index (κ2) is 9.93. The summed E-state index contributed by atoms with van der Waals surface area (Å²) in [5, 5.41) is 5.80. The summed E-state index contributed by atoms with van der Waals surface area (Å²) in [5.74, 6) is -2.96. The molecule has 2 aromatic rings. The third-order valence-corrected chi connectivity index (χ3v) is 4.46. The standard InChI is InChI=1S/C19H22N2O6S/c1-4-25-16(22)19(17(23)26-5-2,18(24)27-6-3)11-13-7-9-14(10-8-13)15-12-28-21-20-15/h7-10,12H,4-6,11H2,1-3H3. The van der Waals surface area contributed by atoms with E-state index in [-0.39, 0.29) is 26.2 Å². The number of benzene rings is 1. The second-order valence-corrected chi connectivity index (χ2v) is 6.34. The Hall–Kier alpha value is -2.81. The van der Waals surface area contributed by atoms with Crippen LogP contribution in [0.1, 0.15) is 26.3 Å². The highest BCUT2D eigenvalue weighted by Gasteiger charge is 2.57. The Kier molecular flexibility index (Phi) is 7.62. The zero-order valence-electron chi connectivity index (χ0n) is 16.0. The summed E-state index contributed by atoms with van der Waals surface area (Å²) in [4.78, 5) is 38.1. The first kappa shape index (κ1) is 21.5. The summed E-state index contributed by atoms with van der Waals surface area (Å²) in [6, 6.07) is 6.97. The van der Waals surface area contributed by atoms with Gasteiger partial charge < -0.3 is 14.2 Å². The number of esters is 3. The van der Waals surface area contributed by atoms with Gasteiger partial charge in [0.05, 0.1) is 19.8 Å². The van der Waals surface area contributed by atoms with E-state index in [2.05, 4.69) is 9.59 Å². The molecule has 1 heterocycles. The number of rotatable bonds is 9. The lowest BCUT2D eigenvalue weighted by atomic mass is 9.81. The fourth-order valence-corrected chi connectivity index (χ4v) is 3.08. The maximum atomic E-state index is 12.7. The van der Waals surface area contributed by atoms with E-state index in [4.69, 9.17) is 14.2 Å². The van der Waals surface area contributed by atoms with Gasteiger partial charge in [-0.05, 0) is 37.9 Å². The minimum Gasteiger partial charge on any atom is -0.465 e. The van der Waals surface area contributed by atoms with Crippen molar-refractivity contribution in [3.63, 3.8) is 0 Å². The van der Waals surface area contributed by atoms with Crippen molar-refractivity contribution < 1.29 is 28.6 Å². The molecule has 0 unspecified atom stereocenters. The molecule has 0 aliphatic carbocycles. The molecule has 28 heavy (non-hydrogen) atoms. The van der Waals surface area contributed by atoms with Gasteiger partial charge in [-0.1, -0.05) is 28.8 Å². The molecule has 0 aliphatic rings. The average molecular weight is 406 g/mol. The fraction of sp³-hybridized carbons (Fsp3) is 0.421. The fourth-order valence-electron chi connectivity index (χ4n) is 2.62. The highest BCUT2D eigenvalue weighted by molar-refractivity contribution is 7.03. The molecule has 0 atom stereocenters. The van der Waals surface area contributed by atoms with Gasteiger partial charge in [0.15, 0.2) is 0 Å². The van der Waals surface area contributed by atoms with Gasteiger partial charge in [-0.25, -0.2) is 0 Å². The Morgan fingerprint density at radius 2 is 1.39 bits per heavy atom. The van der Waals surface area contributed by atoms with E-state index >= 15 is 0 Å². The molecule has 150 valence electrons. The molecule has 0 aliphatic heterocycles. The third kappa shape index (κ3) is 4.53. The molecular formula is C19H22N2O6S. The first-order valence-corrected chi connectivity index (χ1v) is 9.71. The summed E-state index contributed by atoms with van der Waals surface area (Å²) < 4.78 is 18.9. The number of carbonyl (C=O) groups excluding carboxylic acids is 3. The predicted molar refractivity (Wildman–Crippen MR) is 101 cm³/mol. The van der Waals surface area contributed by atoms with Gasteiger partial charge in [-0.2, -0.15) is 0 Å². The Labute approximate surface area is 167 Å². The lowest BCUT2D eigenvalue weighted by Gasteiger charge is -2.27. The van der Waals surface area contributed by atoms with Gasteiger partial charge in [0.2, 0.25) is 0 Å². The van der Waals surface area contributed by atoms with Crippen molar-refractivity contribution in [1.82, 2.24) is 9.59 Å². The van der Waals surface area contributed by atoms with E-state index in [1.807, 2.05) is 0 Å². The van der Waals surface area contributed by atoms with Crippen molar-refractivity contribution >= 4 is 29.4 Å². The van der Waals surface area contributed by atoms with Crippen LogP contribution in [0, 0.1) is 5.41 Å². The molecule has 2 rings (SSSR count). The number of nitrogens with zero attached hydrogens (tertiary/aromatic N) is 2. The van der Waals surface area contributed by atoms with Gasteiger partial charge in [-0.3, -0.25) is 14.4 Å². The molecular weight excluding hydrogens is 384 g/mol. The molecule has 0 spiro atoms.